The zero-order valence-corrected chi connectivity index (χ0v) is 9.44. The van der Waals surface area contributed by atoms with Crippen molar-refractivity contribution in [3.8, 4) is 0 Å². The van der Waals surface area contributed by atoms with Crippen molar-refractivity contribution in [3.63, 3.8) is 0 Å². The van der Waals surface area contributed by atoms with Gasteiger partial charge in [-0.15, -0.1) is 0 Å². The largest absolute Gasteiger partial charge is 0.371 e. The first-order valence-electron chi connectivity index (χ1n) is 5.86. The predicted molar refractivity (Wildman–Crippen MR) is 63.0 cm³/mol. The molecule has 1 aromatic rings. The molecule has 0 saturated carbocycles. The lowest BCUT2D eigenvalue weighted by Gasteiger charge is -2.46. The van der Waals surface area contributed by atoms with E-state index in [9.17, 15) is 4.79 Å². The van der Waals surface area contributed by atoms with Gasteiger partial charge in [0, 0.05) is 25.0 Å². The fourth-order valence-corrected chi connectivity index (χ4v) is 3.04. The molecule has 2 aliphatic heterocycles. The summed E-state index contributed by atoms with van der Waals surface area (Å²) in [5, 5.41) is 0. The molecule has 3 heteroatoms. The molecule has 2 bridgehead atoms. The number of piperidine rings is 1. The Hall–Kier alpha value is -1.51. The van der Waals surface area contributed by atoms with Gasteiger partial charge in [0.2, 0.25) is 5.56 Å². The Bertz CT molecular complexity index is 468. The Balaban J connectivity index is 1.98. The number of nitrogens with one attached hydrogen (secondary N) is 1. The van der Waals surface area contributed by atoms with E-state index in [-0.39, 0.29) is 5.56 Å². The molecule has 1 N–H and O–H groups in total. The van der Waals surface area contributed by atoms with Crippen molar-refractivity contribution in [1.29, 1.82) is 0 Å². The topological polar surface area (TPSA) is 36.1 Å². The van der Waals surface area contributed by atoms with Crippen LogP contribution in [0, 0.1) is 5.92 Å². The molecular formula is C13H16N2O. The van der Waals surface area contributed by atoms with Gasteiger partial charge in [-0.25, -0.2) is 0 Å². The van der Waals surface area contributed by atoms with Crippen LogP contribution in [0.25, 0.3) is 0 Å². The predicted octanol–water partition coefficient (Wildman–Crippen LogP) is 2.05. The molecule has 1 aliphatic carbocycles. The van der Waals surface area contributed by atoms with Gasteiger partial charge < -0.3 is 9.88 Å². The van der Waals surface area contributed by atoms with Crippen LogP contribution in [0.1, 0.15) is 30.9 Å². The van der Waals surface area contributed by atoms with Gasteiger partial charge in [-0.2, -0.15) is 0 Å². The Labute approximate surface area is 94.8 Å². The summed E-state index contributed by atoms with van der Waals surface area (Å²) in [6.45, 7) is 0. The summed E-state index contributed by atoms with van der Waals surface area (Å²) < 4.78 is 0. The van der Waals surface area contributed by atoms with Crippen molar-refractivity contribution in [2.75, 3.05) is 7.05 Å². The summed E-state index contributed by atoms with van der Waals surface area (Å²) in [6, 6.07) is 4.03. The summed E-state index contributed by atoms with van der Waals surface area (Å²) in [4.78, 5) is 16.2. The highest BCUT2D eigenvalue weighted by Crippen LogP contribution is 2.45. The van der Waals surface area contributed by atoms with Crippen LogP contribution in [-0.4, -0.2) is 16.9 Å². The fourth-order valence-electron chi connectivity index (χ4n) is 3.04. The molecule has 2 unspecified atom stereocenters. The first-order chi connectivity index (χ1) is 7.75. The minimum absolute atomic E-state index is 0.0217. The Kier molecular flexibility index (Phi) is 2.13. The summed E-state index contributed by atoms with van der Waals surface area (Å²) in [5.74, 6) is 0.702. The third-order valence-electron chi connectivity index (χ3n) is 3.89. The van der Waals surface area contributed by atoms with Gasteiger partial charge in [0.1, 0.15) is 0 Å². The van der Waals surface area contributed by atoms with E-state index in [2.05, 4.69) is 23.0 Å². The van der Waals surface area contributed by atoms with Crippen LogP contribution >= 0.6 is 0 Å². The molecule has 0 radical (unpaired) electrons. The minimum atomic E-state index is -0.0217. The van der Waals surface area contributed by atoms with E-state index in [0.717, 1.165) is 0 Å². The monoisotopic (exact) mass is 216 g/mol. The second-order valence-corrected chi connectivity index (χ2v) is 4.77. The lowest BCUT2D eigenvalue weighted by atomic mass is 9.78. The van der Waals surface area contributed by atoms with Crippen molar-refractivity contribution < 1.29 is 0 Å². The molecule has 4 rings (SSSR count). The van der Waals surface area contributed by atoms with Gasteiger partial charge in [-0.3, -0.25) is 4.79 Å². The number of pyridine rings is 1. The second-order valence-electron chi connectivity index (χ2n) is 4.77. The Morgan fingerprint density at radius 2 is 2.31 bits per heavy atom. The standard InChI is InChI=1S/C13H16N2O/c1-15-11-5-2-9(3-6-11)13(15)10-4-7-12(16)14-8-10/h4-5,7-9,13H,2-3,6H2,1H3,(H,14,16). The molecule has 16 heavy (non-hydrogen) atoms. The lowest BCUT2D eigenvalue weighted by molar-refractivity contribution is 0.145. The first-order valence-corrected chi connectivity index (χ1v) is 5.86. The minimum Gasteiger partial charge on any atom is -0.371 e. The number of fused-ring (bicyclic) bond motifs is 3. The van der Waals surface area contributed by atoms with E-state index in [1.54, 1.807) is 6.07 Å². The van der Waals surface area contributed by atoms with Gasteiger partial charge in [0.15, 0.2) is 0 Å². The van der Waals surface area contributed by atoms with Gasteiger partial charge in [-0.1, -0.05) is 12.1 Å². The van der Waals surface area contributed by atoms with Gasteiger partial charge in [0.25, 0.3) is 0 Å². The van der Waals surface area contributed by atoms with E-state index in [1.807, 2.05) is 12.3 Å². The number of nitrogens with zero attached hydrogens (tertiary/aromatic N) is 1. The van der Waals surface area contributed by atoms with Crippen molar-refractivity contribution in [2.45, 2.75) is 25.3 Å². The smallest absolute Gasteiger partial charge is 0.247 e. The lowest BCUT2D eigenvalue weighted by Crippen LogP contribution is -2.38. The molecule has 3 heterocycles. The van der Waals surface area contributed by atoms with Crippen molar-refractivity contribution in [1.82, 2.24) is 9.88 Å². The van der Waals surface area contributed by atoms with E-state index < -0.39 is 0 Å². The second kappa shape index (κ2) is 3.51. The normalized spacial score (nSPS) is 28.1. The average Bonchev–Trinajstić information content (AvgIpc) is 2.32. The van der Waals surface area contributed by atoms with Crippen LogP contribution in [0.5, 0.6) is 0 Å². The maximum atomic E-state index is 11.1. The number of hydrogen-bond donors (Lipinski definition) is 1. The highest BCUT2D eigenvalue weighted by atomic mass is 16.1. The molecule has 0 aromatic carbocycles. The molecule has 0 spiro atoms. The molecule has 3 aliphatic rings. The maximum Gasteiger partial charge on any atom is 0.247 e. The van der Waals surface area contributed by atoms with Crippen LogP contribution in [0.4, 0.5) is 0 Å². The molecular weight excluding hydrogens is 200 g/mol. The average molecular weight is 216 g/mol. The fraction of sp³-hybridized carbons (Fsp3) is 0.462. The van der Waals surface area contributed by atoms with Crippen molar-refractivity contribution >= 4 is 0 Å². The molecule has 1 fully saturated rings. The molecule has 2 atom stereocenters. The molecule has 1 aromatic heterocycles. The number of aromatic amines is 1. The maximum absolute atomic E-state index is 11.1. The van der Waals surface area contributed by atoms with Crippen LogP contribution in [0.15, 0.2) is 34.9 Å². The van der Waals surface area contributed by atoms with E-state index in [0.29, 0.717) is 12.0 Å². The number of allylic oxidation sites excluding steroid dienone is 2. The number of rotatable bonds is 1. The number of aromatic nitrogens is 1. The van der Waals surface area contributed by atoms with Crippen molar-refractivity contribution in [2.24, 2.45) is 5.92 Å². The van der Waals surface area contributed by atoms with Gasteiger partial charge in [-0.05, 0) is 30.7 Å². The zero-order valence-electron chi connectivity index (χ0n) is 9.44. The van der Waals surface area contributed by atoms with E-state index in [4.69, 9.17) is 0 Å². The number of hydrogen-bond acceptors (Lipinski definition) is 2. The molecule has 1 saturated heterocycles. The van der Waals surface area contributed by atoms with Crippen molar-refractivity contribution in [3.05, 3.63) is 46.0 Å². The third-order valence-corrected chi connectivity index (χ3v) is 3.89. The Morgan fingerprint density at radius 3 is 2.88 bits per heavy atom. The van der Waals surface area contributed by atoms with Crippen LogP contribution < -0.4 is 5.56 Å². The van der Waals surface area contributed by atoms with Crippen LogP contribution in [0.2, 0.25) is 0 Å². The van der Waals surface area contributed by atoms with Gasteiger partial charge >= 0.3 is 0 Å². The first kappa shape index (κ1) is 9.70. The number of H-pyrrole nitrogens is 1. The summed E-state index contributed by atoms with van der Waals surface area (Å²) in [7, 11) is 2.16. The zero-order chi connectivity index (χ0) is 11.1. The Morgan fingerprint density at radius 1 is 1.44 bits per heavy atom. The van der Waals surface area contributed by atoms with E-state index >= 15 is 0 Å². The van der Waals surface area contributed by atoms with Gasteiger partial charge in [0.05, 0.1) is 6.04 Å². The quantitative estimate of drug-likeness (QED) is 0.780. The highest BCUT2D eigenvalue weighted by Gasteiger charge is 2.35. The van der Waals surface area contributed by atoms with Crippen LogP contribution in [-0.2, 0) is 0 Å². The SMILES string of the molecule is CN1C2=CCC(CC2)C1c1ccc(=O)[nH]c1. The highest BCUT2D eigenvalue weighted by molar-refractivity contribution is 5.23. The molecule has 3 nitrogen and oxygen atoms in total. The summed E-state index contributed by atoms with van der Waals surface area (Å²) >= 11 is 0. The molecule has 0 amide bonds. The molecule has 84 valence electrons. The van der Waals surface area contributed by atoms with Crippen LogP contribution in [0.3, 0.4) is 0 Å². The third kappa shape index (κ3) is 1.39. The summed E-state index contributed by atoms with van der Waals surface area (Å²) in [5.41, 5.74) is 2.67. The van der Waals surface area contributed by atoms with E-state index in [1.165, 1.54) is 30.5 Å². The summed E-state index contributed by atoms with van der Waals surface area (Å²) in [6.07, 6.45) is 7.89.